The zero-order valence-electron chi connectivity index (χ0n) is 10.00. The predicted octanol–water partition coefficient (Wildman–Crippen LogP) is -0.507. The van der Waals surface area contributed by atoms with Crippen molar-refractivity contribution in [2.45, 2.75) is 12.7 Å². The van der Waals surface area contributed by atoms with Crippen molar-refractivity contribution in [1.82, 2.24) is 0 Å². The summed E-state index contributed by atoms with van der Waals surface area (Å²) in [6.45, 7) is 1.13. The normalized spacial score (nSPS) is 15.1. The van der Waals surface area contributed by atoms with Crippen molar-refractivity contribution in [2.75, 3.05) is 40.8 Å². The van der Waals surface area contributed by atoms with Crippen LogP contribution in [0.15, 0.2) is 0 Å². The number of quaternary nitrogens is 1. The maximum absolute atomic E-state index is 10.7. The van der Waals surface area contributed by atoms with Crippen LogP contribution in [0.4, 0.5) is 0 Å². The molecule has 0 aromatic rings. The summed E-state index contributed by atoms with van der Waals surface area (Å²) in [6.07, 6.45) is -0.301. The van der Waals surface area contributed by atoms with Crippen LogP contribution in [0.3, 0.4) is 0 Å². The van der Waals surface area contributed by atoms with Crippen molar-refractivity contribution in [3.63, 3.8) is 0 Å². The van der Waals surface area contributed by atoms with Gasteiger partial charge in [0.25, 0.3) is 0 Å². The molecule has 0 spiro atoms. The van der Waals surface area contributed by atoms with Gasteiger partial charge in [-0.05, 0) is 13.0 Å². The van der Waals surface area contributed by atoms with Gasteiger partial charge in [-0.25, -0.2) is 4.57 Å². The first-order chi connectivity index (χ1) is 7.14. The van der Waals surface area contributed by atoms with E-state index in [0.29, 0.717) is 30.6 Å². The van der Waals surface area contributed by atoms with Crippen LogP contribution in [0.5, 0.6) is 0 Å². The van der Waals surface area contributed by atoms with Gasteiger partial charge in [0.2, 0.25) is 6.29 Å². The Kier molecular flexibility index (Phi) is 6.65. The molecule has 0 bridgehead atoms. The summed E-state index contributed by atoms with van der Waals surface area (Å²) in [5, 5.41) is 0. The summed E-state index contributed by atoms with van der Waals surface area (Å²) in [5.41, 5.74) is 5.29. The zero-order chi connectivity index (χ0) is 12.8. The van der Waals surface area contributed by atoms with Gasteiger partial charge in [-0.1, -0.05) is 0 Å². The van der Waals surface area contributed by atoms with E-state index in [1.807, 2.05) is 21.1 Å². The minimum Gasteiger partial charge on any atom is -0.347 e. The predicted molar refractivity (Wildman–Crippen MR) is 59.4 cm³/mol. The Balaban J connectivity index is 4.22. The molecule has 1 unspecified atom stereocenters. The van der Waals surface area contributed by atoms with E-state index >= 15 is 0 Å². The molecule has 7 nitrogen and oxygen atoms in total. The highest BCUT2D eigenvalue weighted by Gasteiger charge is 2.27. The monoisotopic (exact) mass is 257 g/mol. The van der Waals surface area contributed by atoms with Crippen LogP contribution in [0.1, 0.15) is 6.42 Å². The van der Waals surface area contributed by atoms with E-state index in [9.17, 15) is 4.57 Å². The van der Waals surface area contributed by atoms with Gasteiger partial charge in [-0.15, -0.1) is 0 Å². The maximum Gasteiger partial charge on any atom is 0.472 e. The summed E-state index contributed by atoms with van der Waals surface area (Å²) in [4.78, 5) is 17.4. The number of likely N-dealkylation sites (N-methyl/N-ethyl adjacent to an activating group) is 1. The van der Waals surface area contributed by atoms with E-state index in [1.54, 1.807) is 0 Å². The summed E-state index contributed by atoms with van der Waals surface area (Å²) < 4.78 is 21.0. The first-order valence-corrected chi connectivity index (χ1v) is 6.53. The molecule has 98 valence electrons. The molecule has 0 aromatic heterocycles. The highest BCUT2D eigenvalue weighted by molar-refractivity contribution is 7.46. The van der Waals surface area contributed by atoms with Crippen molar-refractivity contribution in [3.8, 4) is 0 Å². The van der Waals surface area contributed by atoms with Gasteiger partial charge in [0.15, 0.2) is 0 Å². The van der Waals surface area contributed by atoms with E-state index < -0.39 is 14.1 Å². The number of phosphoric acid groups is 1. The fourth-order valence-corrected chi connectivity index (χ4v) is 1.45. The van der Waals surface area contributed by atoms with Gasteiger partial charge in [0.1, 0.15) is 6.54 Å². The Morgan fingerprint density at radius 2 is 1.94 bits per heavy atom. The van der Waals surface area contributed by atoms with Crippen LogP contribution >= 0.6 is 7.82 Å². The van der Waals surface area contributed by atoms with Crippen LogP contribution in [0.2, 0.25) is 0 Å². The lowest BCUT2D eigenvalue weighted by atomic mass is 10.4. The van der Waals surface area contributed by atoms with Crippen LogP contribution in [0, 0.1) is 0 Å². The van der Waals surface area contributed by atoms with Gasteiger partial charge in [-0.2, -0.15) is 0 Å². The van der Waals surface area contributed by atoms with E-state index in [-0.39, 0.29) is 0 Å². The summed E-state index contributed by atoms with van der Waals surface area (Å²) in [5.74, 6) is 0. The molecule has 0 aliphatic carbocycles. The maximum atomic E-state index is 10.7. The molecule has 0 saturated heterocycles. The number of hydrogen-bond acceptors (Lipinski definition) is 4. The Labute approximate surface area is 96.0 Å². The average molecular weight is 257 g/mol. The van der Waals surface area contributed by atoms with Crippen molar-refractivity contribution in [3.05, 3.63) is 0 Å². The van der Waals surface area contributed by atoms with E-state index in [2.05, 4.69) is 4.52 Å². The minimum atomic E-state index is -4.52. The van der Waals surface area contributed by atoms with Gasteiger partial charge in [-0.3, -0.25) is 4.52 Å². The third-order valence-corrected chi connectivity index (χ3v) is 2.11. The van der Waals surface area contributed by atoms with Crippen molar-refractivity contribution in [1.29, 1.82) is 0 Å². The molecule has 0 aliphatic rings. The molecular weight excluding hydrogens is 235 g/mol. The van der Waals surface area contributed by atoms with Crippen molar-refractivity contribution < 1.29 is 28.1 Å². The van der Waals surface area contributed by atoms with Gasteiger partial charge < -0.3 is 24.7 Å². The largest absolute Gasteiger partial charge is 0.472 e. The van der Waals surface area contributed by atoms with E-state index in [4.69, 9.17) is 20.3 Å². The molecular formula is C8H22N2O5P+. The number of hydrogen-bond donors (Lipinski definition) is 3. The first-order valence-electron chi connectivity index (χ1n) is 5.00. The third kappa shape index (κ3) is 10.5. The van der Waals surface area contributed by atoms with E-state index in [1.165, 1.54) is 0 Å². The van der Waals surface area contributed by atoms with Crippen LogP contribution < -0.4 is 5.73 Å². The average Bonchev–Trinajstić information content (AvgIpc) is 1.97. The SMILES string of the molecule is C[N+](C)(C)CC(OCCCN)OP(=O)(O)O. The van der Waals surface area contributed by atoms with Crippen molar-refractivity contribution in [2.24, 2.45) is 5.73 Å². The molecule has 0 heterocycles. The van der Waals surface area contributed by atoms with E-state index in [0.717, 1.165) is 0 Å². The number of ether oxygens (including phenoxy) is 1. The van der Waals surface area contributed by atoms with Gasteiger partial charge in [0, 0.05) is 0 Å². The first kappa shape index (κ1) is 16.0. The number of nitrogens with two attached hydrogens (primary N) is 1. The minimum absolute atomic E-state index is 0.321. The molecule has 1 atom stereocenters. The Bertz CT molecular complexity index is 237. The third-order valence-electron chi connectivity index (χ3n) is 1.60. The molecule has 0 amide bonds. The lowest BCUT2D eigenvalue weighted by Crippen LogP contribution is -2.43. The quantitative estimate of drug-likeness (QED) is 0.234. The van der Waals surface area contributed by atoms with Gasteiger partial charge >= 0.3 is 7.82 Å². The molecule has 16 heavy (non-hydrogen) atoms. The molecule has 0 aromatic carbocycles. The summed E-state index contributed by atoms with van der Waals surface area (Å²) >= 11 is 0. The molecule has 0 radical (unpaired) electrons. The second-order valence-electron chi connectivity index (χ2n) is 4.51. The lowest BCUT2D eigenvalue weighted by molar-refractivity contribution is -0.876. The van der Waals surface area contributed by atoms with Gasteiger partial charge in [0.05, 0.1) is 27.7 Å². The number of nitrogens with zero attached hydrogens (tertiary/aromatic N) is 1. The molecule has 8 heteroatoms. The van der Waals surface area contributed by atoms with Crippen LogP contribution in [-0.4, -0.2) is 61.4 Å². The molecule has 4 N–H and O–H groups in total. The second-order valence-corrected chi connectivity index (χ2v) is 5.70. The highest BCUT2D eigenvalue weighted by Crippen LogP contribution is 2.38. The fraction of sp³-hybridized carbons (Fsp3) is 1.00. The zero-order valence-corrected chi connectivity index (χ0v) is 10.9. The Morgan fingerprint density at radius 3 is 2.31 bits per heavy atom. The molecule has 0 aliphatic heterocycles. The second kappa shape index (κ2) is 6.66. The Hall–Kier alpha value is -0.0100. The van der Waals surface area contributed by atoms with Crippen LogP contribution in [0.25, 0.3) is 0 Å². The lowest BCUT2D eigenvalue weighted by Gasteiger charge is -2.28. The topological polar surface area (TPSA) is 102 Å². The number of rotatable bonds is 8. The molecule has 0 rings (SSSR count). The smallest absolute Gasteiger partial charge is 0.347 e. The summed E-state index contributed by atoms with van der Waals surface area (Å²) in [6, 6.07) is 0. The fourth-order valence-electron chi connectivity index (χ4n) is 1.01. The summed E-state index contributed by atoms with van der Waals surface area (Å²) in [7, 11) is 1.11. The van der Waals surface area contributed by atoms with Crippen LogP contribution in [-0.2, 0) is 13.8 Å². The molecule has 0 fully saturated rings. The molecule has 0 saturated carbocycles. The van der Waals surface area contributed by atoms with Crippen molar-refractivity contribution >= 4 is 7.82 Å². The standard InChI is InChI=1S/C8H21N2O5P/c1-10(2,3)7-8(14-6-4-5-9)15-16(11,12)13/h8H,4-7,9H2,1-3H3,(H-,11,12,13)/p+1. The number of phosphoric ester groups is 1. The Morgan fingerprint density at radius 1 is 1.38 bits per heavy atom. The highest BCUT2D eigenvalue weighted by atomic mass is 31.2.